The minimum Gasteiger partial charge on any atom is -0.479 e. The lowest BCUT2D eigenvalue weighted by atomic mass is 9.46. The number of anilines is 2. The van der Waals surface area contributed by atoms with Gasteiger partial charge in [-0.25, -0.2) is 9.67 Å². The maximum Gasteiger partial charge on any atom is 0.265 e. The highest BCUT2D eigenvalue weighted by atomic mass is 16.5. The van der Waals surface area contributed by atoms with Crippen molar-refractivity contribution in [1.29, 1.82) is 0 Å². The third-order valence-electron chi connectivity index (χ3n) is 7.58. The van der Waals surface area contributed by atoms with E-state index in [1.807, 2.05) is 17.1 Å². The van der Waals surface area contributed by atoms with Gasteiger partial charge in [-0.15, -0.1) is 0 Å². The fourth-order valence-electron chi connectivity index (χ4n) is 6.75. The van der Waals surface area contributed by atoms with Crippen molar-refractivity contribution in [3.63, 3.8) is 0 Å². The Morgan fingerprint density at radius 3 is 2.80 bits per heavy atom. The van der Waals surface area contributed by atoms with Gasteiger partial charge in [-0.3, -0.25) is 9.59 Å². The van der Waals surface area contributed by atoms with Crippen molar-refractivity contribution in [1.82, 2.24) is 14.8 Å². The number of amides is 2. The van der Waals surface area contributed by atoms with Gasteiger partial charge in [-0.2, -0.15) is 5.10 Å². The van der Waals surface area contributed by atoms with E-state index in [1.54, 1.807) is 25.4 Å². The summed E-state index contributed by atoms with van der Waals surface area (Å²) in [6.45, 7) is 1.71. The molecule has 156 valence electrons. The van der Waals surface area contributed by atoms with E-state index in [9.17, 15) is 9.59 Å². The summed E-state index contributed by atoms with van der Waals surface area (Å²) in [6.07, 6.45) is 8.96. The third-order valence-corrected chi connectivity index (χ3v) is 7.58. The maximum atomic E-state index is 13.6. The van der Waals surface area contributed by atoms with Crippen LogP contribution in [0.2, 0.25) is 0 Å². The second kappa shape index (κ2) is 6.06. The van der Waals surface area contributed by atoms with E-state index in [4.69, 9.17) is 4.74 Å². The van der Waals surface area contributed by atoms with Crippen LogP contribution >= 0.6 is 0 Å². The van der Waals surface area contributed by atoms with Crippen LogP contribution in [0.4, 0.5) is 11.4 Å². The molecule has 1 aromatic carbocycles. The van der Waals surface area contributed by atoms with Crippen LogP contribution in [0.15, 0.2) is 30.9 Å². The summed E-state index contributed by atoms with van der Waals surface area (Å²) in [5.41, 5.74) is 0.814. The van der Waals surface area contributed by atoms with Crippen molar-refractivity contribution in [3.05, 3.63) is 30.9 Å². The number of aromatic nitrogens is 3. The van der Waals surface area contributed by atoms with Crippen molar-refractivity contribution in [2.45, 2.75) is 57.1 Å². The molecule has 8 heteroatoms. The Morgan fingerprint density at radius 1 is 1.27 bits per heavy atom. The lowest BCUT2D eigenvalue weighted by Crippen LogP contribution is -2.60. The quantitative estimate of drug-likeness (QED) is 0.815. The SMILES string of the molecule is C[C@H]1Oc2ccc(NC(=O)C34C[C@H]5C[C@@H](C3)CC(n3cncn3)(C5)C4)cc2NC1=O. The molecule has 5 atom stereocenters. The predicted molar refractivity (Wildman–Crippen MR) is 109 cm³/mol. The van der Waals surface area contributed by atoms with Crippen LogP contribution in [0.25, 0.3) is 0 Å². The first-order valence-electron chi connectivity index (χ1n) is 10.7. The van der Waals surface area contributed by atoms with Crippen LogP contribution in [0.3, 0.4) is 0 Å². The minimum atomic E-state index is -0.516. The molecule has 2 amide bonds. The lowest BCUT2D eigenvalue weighted by Gasteiger charge is -2.60. The van der Waals surface area contributed by atoms with Gasteiger partial charge in [0, 0.05) is 5.69 Å². The fourth-order valence-corrected chi connectivity index (χ4v) is 6.75. The van der Waals surface area contributed by atoms with Crippen molar-refractivity contribution < 1.29 is 14.3 Å². The zero-order chi connectivity index (χ0) is 20.5. The van der Waals surface area contributed by atoms with Crippen molar-refractivity contribution in [2.75, 3.05) is 10.6 Å². The normalized spacial score (nSPS) is 36.0. The Labute approximate surface area is 174 Å². The lowest BCUT2D eigenvalue weighted by molar-refractivity contribution is -0.150. The van der Waals surface area contributed by atoms with Crippen molar-refractivity contribution >= 4 is 23.2 Å². The Bertz CT molecular complexity index is 1020. The topological polar surface area (TPSA) is 98.1 Å². The summed E-state index contributed by atoms with van der Waals surface area (Å²) in [6, 6.07) is 5.43. The molecule has 1 aliphatic heterocycles. The Balaban J connectivity index is 1.28. The fraction of sp³-hybridized carbons (Fsp3) is 0.545. The number of hydrogen-bond acceptors (Lipinski definition) is 5. The molecule has 0 spiro atoms. The highest BCUT2D eigenvalue weighted by Gasteiger charge is 2.61. The van der Waals surface area contributed by atoms with Crippen LogP contribution < -0.4 is 15.4 Å². The predicted octanol–water partition coefficient (Wildman–Crippen LogP) is 2.93. The first-order chi connectivity index (χ1) is 14.4. The largest absolute Gasteiger partial charge is 0.479 e. The number of rotatable bonds is 3. The van der Waals surface area contributed by atoms with Crippen LogP contribution in [0.5, 0.6) is 5.75 Å². The summed E-state index contributed by atoms with van der Waals surface area (Å²) < 4.78 is 7.63. The van der Waals surface area contributed by atoms with E-state index in [0.29, 0.717) is 29.0 Å². The van der Waals surface area contributed by atoms with Crippen molar-refractivity contribution in [2.24, 2.45) is 17.3 Å². The van der Waals surface area contributed by atoms with Gasteiger partial charge in [0.2, 0.25) is 5.91 Å². The highest BCUT2D eigenvalue weighted by molar-refractivity contribution is 6.00. The Kier molecular flexibility index (Phi) is 3.62. The summed E-state index contributed by atoms with van der Waals surface area (Å²) in [4.78, 5) is 29.7. The van der Waals surface area contributed by atoms with E-state index in [2.05, 4.69) is 20.7 Å². The van der Waals surface area contributed by atoms with E-state index >= 15 is 0 Å². The molecule has 4 bridgehead atoms. The third kappa shape index (κ3) is 2.58. The molecule has 5 aliphatic rings. The Hall–Kier alpha value is -2.90. The number of carbonyl (C=O) groups excluding carboxylic acids is 2. The zero-order valence-corrected chi connectivity index (χ0v) is 16.9. The van der Waals surface area contributed by atoms with Crippen LogP contribution in [0.1, 0.15) is 45.4 Å². The molecule has 2 N–H and O–H groups in total. The first kappa shape index (κ1) is 17.9. The first-order valence-corrected chi connectivity index (χ1v) is 10.7. The molecule has 0 saturated heterocycles. The number of ether oxygens (including phenoxy) is 1. The summed E-state index contributed by atoms with van der Waals surface area (Å²) in [5.74, 6) is 1.64. The second-order valence-corrected chi connectivity index (χ2v) is 9.72. The molecule has 0 radical (unpaired) electrons. The number of nitrogens with zero attached hydrogens (tertiary/aromatic N) is 3. The summed E-state index contributed by atoms with van der Waals surface area (Å²) in [5, 5.41) is 10.5. The molecule has 7 rings (SSSR count). The molecular weight excluding hydrogens is 382 g/mol. The molecule has 30 heavy (non-hydrogen) atoms. The van der Waals surface area contributed by atoms with Gasteiger partial charge < -0.3 is 15.4 Å². The number of benzene rings is 1. The van der Waals surface area contributed by atoms with E-state index in [0.717, 1.165) is 32.1 Å². The van der Waals surface area contributed by atoms with E-state index in [1.165, 1.54) is 6.42 Å². The van der Waals surface area contributed by atoms with Crippen LogP contribution in [-0.4, -0.2) is 32.7 Å². The number of carbonyl (C=O) groups is 2. The second-order valence-electron chi connectivity index (χ2n) is 9.72. The standard InChI is InChI=1S/C22H25N5O3/c1-13-19(28)26-17-5-16(2-3-18(17)30-13)25-20(29)21-6-14-4-15(7-21)9-22(8-14,10-21)27-12-23-11-24-27/h2-3,5,11-15H,4,6-10H2,1H3,(H,25,29)(H,26,28)/t13-,14-,15+,21?,22?/m1/s1. The van der Waals surface area contributed by atoms with Gasteiger partial charge in [-0.1, -0.05) is 0 Å². The smallest absolute Gasteiger partial charge is 0.265 e. The molecule has 4 saturated carbocycles. The van der Waals surface area contributed by atoms with E-state index < -0.39 is 6.10 Å². The molecule has 2 unspecified atom stereocenters. The van der Waals surface area contributed by atoms with Crippen LogP contribution in [-0.2, 0) is 15.1 Å². The molecule has 1 aromatic heterocycles. The monoisotopic (exact) mass is 407 g/mol. The molecule has 2 heterocycles. The van der Waals surface area contributed by atoms with Gasteiger partial charge >= 0.3 is 0 Å². The highest BCUT2D eigenvalue weighted by Crippen LogP contribution is 2.64. The average molecular weight is 407 g/mol. The maximum absolute atomic E-state index is 13.6. The van der Waals surface area contributed by atoms with Gasteiger partial charge in [0.25, 0.3) is 5.91 Å². The molecular formula is C22H25N5O3. The molecule has 4 fully saturated rings. The number of fused-ring (bicyclic) bond motifs is 1. The molecule has 2 aromatic rings. The van der Waals surface area contributed by atoms with Crippen molar-refractivity contribution in [3.8, 4) is 5.75 Å². The molecule has 8 nitrogen and oxygen atoms in total. The van der Waals surface area contributed by atoms with Crippen LogP contribution in [0, 0.1) is 17.3 Å². The molecule has 4 aliphatic carbocycles. The zero-order valence-electron chi connectivity index (χ0n) is 16.9. The van der Waals surface area contributed by atoms with Gasteiger partial charge in [0.05, 0.1) is 16.6 Å². The summed E-state index contributed by atoms with van der Waals surface area (Å²) >= 11 is 0. The number of hydrogen-bond donors (Lipinski definition) is 2. The minimum absolute atomic E-state index is 0.0810. The Morgan fingerprint density at radius 2 is 2.07 bits per heavy atom. The summed E-state index contributed by atoms with van der Waals surface area (Å²) in [7, 11) is 0. The van der Waals surface area contributed by atoms with Gasteiger partial charge in [-0.05, 0) is 75.5 Å². The average Bonchev–Trinajstić information content (AvgIpc) is 3.24. The van der Waals surface area contributed by atoms with Gasteiger partial charge in [0.15, 0.2) is 6.10 Å². The number of nitrogens with one attached hydrogen (secondary N) is 2. The van der Waals surface area contributed by atoms with E-state index in [-0.39, 0.29) is 22.8 Å². The van der Waals surface area contributed by atoms with Gasteiger partial charge in [0.1, 0.15) is 18.4 Å².